The summed E-state index contributed by atoms with van der Waals surface area (Å²) < 4.78 is 6.47. The number of aryl methyl sites for hydroxylation is 1. The zero-order valence-corrected chi connectivity index (χ0v) is 15.9. The van der Waals surface area contributed by atoms with Gasteiger partial charge in [0, 0.05) is 22.1 Å². The average Bonchev–Trinajstić information content (AvgIpc) is 3.31. The van der Waals surface area contributed by atoms with E-state index in [1.165, 1.54) is 0 Å². The van der Waals surface area contributed by atoms with Gasteiger partial charge >= 0.3 is 0 Å². The maximum atomic E-state index is 12.9. The molecule has 0 aliphatic carbocycles. The van der Waals surface area contributed by atoms with Gasteiger partial charge in [-0.25, -0.2) is 0 Å². The number of likely N-dealkylation sites (tertiary alicyclic amines) is 1. The Balaban J connectivity index is 1.59. The summed E-state index contributed by atoms with van der Waals surface area (Å²) in [5, 5.41) is 4.12. The van der Waals surface area contributed by atoms with E-state index in [1.54, 1.807) is 0 Å². The van der Waals surface area contributed by atoms with Gasteiger partial charge in [-0.15, -0.1) is 0 Å². The minimum absolute atomic E-state index is 0.00435. The van der Waals surface area contributed by atoms with Crippen molar-refractivity contribution in [3.05, 3.63) is 70.0 Å². The molecular weight excluding hydrogens is 394 g/mol. The fourth-order valence-corrected chi connectivity index (χ4v) is 3.56. The second-order valence-corrected chi connectivity index (χ2v) is 7.40. The fraction of sp³-hybridized carbons (Fsp3) is 0.250. The molecule has 5 nitrogen and oxygen atoms in total. The predicted octanol–water partition coefficient (Wildman–Crippen LogP) is 4.78. The number of benzene rings is 2. The smallest absolute Gasteiger partial charge is 0.254 e. The third-order valence-electron chi connectivity index (χ3n) is 4.61. The van der Waals surface area contributed by atoms with Crippen molar-refractivity contribution >= 4 is 21.8 Å². The zero-order chi connectivity index (χ0) is 18.1. The van der Waals surface area contributed by atoms with Crippen LogP contribution in [0, 0.1) is 6.92 Å². The number of carbonyl (C=O) groups is 1. The highest BCUT2D eigenvalue weighted by Gasteiger charge is 2.34. The van der Waals surface area contributed by atoms with E-state index >= 15 is 0 Å². The molecule has 1 aromatic heterocycles. The van der Waals surface area contributed by atoms with Crippen molar-refractivity contribution in [2.45, 2.75) is 25.8 Å². The van der Waals surface area contributed by atoms with E-state index < -0.39 is 0 Å². The fourth-order valence-electron chi connectivity index (χ4n) is 3.30. The second-order valence-electron chi connectivity index (χ2n) is 6.49. The number of carbonyl (C=O) groups excluding carboxylic acids is 1. The zero-order valence-electron chi connectivity index (χ0n) is 14.4. The van der Waals surface area contributed by atoms with E-state index in [9.17, 15) is 4.79 Å². The van der Waals surface area contributed by atoms with Crippen molar-refractivity contribution in [1.82, 2.24) is 15.0 Å². The van der Waals surface area contributed by atoms with Crippen LogP contribution in [0.2, 0.25) is 0 Å². The van der Waals surface area contributed by atoms with Crippen molar-refractivity contribution in [2.75, 3.05) is 6.54 Å². The average molecular weight is 412 g/mol. The summed E-state index contributed by atoms with van der Waals surface area (Å²) in [6.45, 7) is 2.72. The van der Waals surface area contributed by atoms with Gasteiger partial charge in [-0.1, -0.05) is 44.8 Å². The summed E-state index contributed by atoms with van der Waals surface area (Å²) in [5.74, 6) is 1.06. The van der Waals surface area contributed by atoms with E-state index in [0.717, 1.165) is 28.4 Å². The van der Waals surface area contributed by atoms with Crippen LogP contribution in [0.5, 0.6) is 0 Å². The number of nitrogens with zero attached hydrogens (tertiary/aromatic N) is 3. The number of amides is 1. The molecule has 1 atom stereocenters. The van der Waals surface area contributed by atoms with Crippen molar-refractivity contribution in [1.29, 1.82) is 0 Å². The Morgan fingerprint density at radius 1 is 1.23 bits per heavy atom. The Kier molecular flexibility index (Phi) is 4.59. The summed E-state index contributed by atoms with van der Waals surface area (Å²) in [6.07, 6.45) is 1.76. The van der Waals surface area contributed by atoms with Gasteiger partial charge in [0.2, 0.25) is 11.7 Å². The van der Waals surface area contributed by atoms with Crippen LogP contribution in [0.25, 0.3) is 11.4 Å². The minimum atomic E-state index is -0.169. The van der Waals surface area contributed by atoms with E-state index in [-0.39, 0.29) is 11.9 Å². The molecule has 3 aromatic rings. The molecule has 26 heavy (non-hydrogen) atoms. The van der Waals surface area contributed by atoms with Gasteiger partial charge in [0.05, 0.1) is 0 Å². The summed E-state index contributed by atoms with van der Waals surface area (Å²) in [7, 11) is 0. The Labute approximate surface area is 160 Å². The Bertz CT molecular complexity index is 936. The van der Waals surface area contributed by atoms with Crippen LogP contribution in [0.1, 0.15) is 40.7 Å². The lowest BCUT2D eigenvalue weighted by Gasteiger charge is -2.21. The van der Waals surface area contributed by atoms with Crippen molar-refractivity contribution in [3.63, 3.8) is 0 Å². The maximum Gasteiger partial charge on any atom is 0.254 e. The van der Waals surface area contributed by atoms with Gasteiger partial charge in [0.1, 0.15) is 6.04 Å². The van der Waals surface area contributed by atoms with Gasteiger partial charge in [-0.3, -0.25) is 4.79 Å². The summed E-state index contributed by atoms with van der Waals surface area (Å²) >= 11 is 3.40. The predicted molar refractivity (Wildman–Crippen MR) is 102 cm³/mol. The maximum absolute atomic E-state index is 12.9. The second kappa shape index (κ2) is 7.03. The van der Waals surface area contributed by atoms with Crippen molar-refractivity contribution in [3.8, 4) is 11.4 Å². The SMILES string of the molecule is Cc1cccc(-c2noc([C@H]3CCCN3C(=O)c3ccc(Br)cc3)n2)c1. The number of rotatable bonds is 3. The van der Waals surface area contributed by atoms with Gasteiger partial charge in [-0.05, 0) is 50.1 Å². The van der Waals surface area contributed by atoms with Crippen LogP contribution in [0.4, 0.5) is 0 Å². The first-order valence-corrected chi connectivity index (χ1v) is 9.38. The topological polar surface area (TPSA) is 59.2 Å². The lowest BCUT2D eigenvalue weighted by Crippen LogP contribution is -2.30. The largest absolute Gasteiger partial charge is 0.337 e. The van der Waals surface area contributed by atoms with E-state index in [2.05, 4.69) is 26.1 Å². The summed E-state index contributed by atoms with van der Waals surface area (Å²) in [4.78, 5) is 19.3. The molecular formula is C20H18BrN3O2. The summed E-state index contributed by atoms with van der Waals surface area (Å²) in [6, 6.07) is 15.2. The number of hydrogen-bond acceptors (Lipinski definition) is 4. The van der Waals surface area contributed by atoms with Crippen molar-refractivity contribution < 1.29 is 9.32 Å². The lowest BCUT2D eigenvalue weighted by atomic mass is 10.1. The molecule has 0 unspecified atom stereocenters. The molecule has 0 N–H and O–H groups in total. The quantitative estimate of drug-likeness (QED) is 0.621. The Hall–Kier alpha value is -2.47. The first-order valence-electron chi connectivity index (χ1n) is 8.59. The highest BCUT2D eigenvalue weighted by Crippen LogP contribution is 2.33. The first kappa shape index (κ1) is 17.0. The van der Waals surface area contributed by atoms with Crippen LogP contribution in [-0.4, -0.2) is 27.5 Å². The van der Waals surface area contributed by atoms with E-state index in [0.29, 0.717) is 23.8 Å². The number of hydrogen-bond donors (Lipinski definition) is 0. The van der Waals surface area contributed by atoms with Crippen molar-refractivity contribution in [2.24, 2.45) is 0 Å². The van der Waals surface area contributed by atoms with Crippen LogP contribution in [0.3, 0.4) is 0 Å². The van der Waals surface area contributed by atoms with Crippen LogP contribution >= 0.6 is 15.9 Å². The molecule has 6 heteroatoms. The minimum Gasteiger partial charge on any atom is -0.337 e. The normalized spacial score (nSPS) is 16.8. The molecule has 2 heterocycles. The molecule has 1 amide bonds. The van der Waals surface area contributed by atoms with Gasteiger partial charge < -0.3 is 9.42 Å². The standard InChI is InChI=1S/C20H18BrN3O2/c1-13-4-2-5-15(12-13)18-22-19(26-23-18)17-6-3-11-24(17)20(25)14-7-9-16(21)10-8-14/h2,4-5,7-10,12,17H,3,6,11H2,1H3/t17-/m1/s1. The van der Waals surface area contributed by atoms with Gasteiger partial charge in [0.25, 0.3) is 5.91 Å². The molecule has 1 fully saturated rings. The molecule has 1 aliphatic rings. The lowest BCUT2D eigenvalue weighted by molar-refractivity contribution is 0.0710. The van der Waals surface area contributed by atoms with E-state index in [4.69, 9.17) is 4.52 Å². The molecule has 0 saturated carbocycles. The number of halogens is 1. The summed E-state index contributed by atoms with van der Waals surface area (Å²) in [5.41, 5.74) is 2.73. The van der Waals surface area contributed by atoms with Crippen LogP contribution in [-0.2, 0) is 0 Å². The highest BCUT2D eigenvalue weighted by atomic mass is 79.9. The van der Waals surface area contributed by atoms with Crippen LogP contribution < -0.4 is 0 Å². The molecule has 0 bridgehead atoms. The molecule has 1 aliphatic heterocycles. The molecule has 1 saturated heterocycles. The molecule has 2 aromatic carbocycles. The molecule has 0 spiro atoms. The molecule has 132 valence electrons. The van der Waals surface area contributed by atoms with Gasteiger partial charge in [0.15, 0.2) is 0 Å². The van der Waals surface area contributed by atoms with Gasteiger partial charge in [-0.2, -0.15) is 4.98 Å². The highest BCUT2D eigenvalue weighted by molar-refractivity contribution is 9.10. The van der Waals surface area contributed by atoms with Crippen LogP contribution in [0.15, 0.2) is 57.5 Å². The Morgan fingerprint density at radius 2 is 2.04 bits per heavy atom. The third kappa shape index (κ3) is 3.29. The van der Waals surface area contributed by atoms with E-state index in [1.807, 2.05) is 60.4 Å². The third-order valence-corrected chi connectivity index (χ3v) is 5.14. The Morgan fingerprint density at radius 3 is 2.81 bits per heavy atom. The molecule has 4 rings (SSSR count). The molecule has 0 radical (unpaired) electrons. The first-order chi connectivity index (χ1) is 12.6. The monoisotopic (exact) mass is 411 g/mol. The number of aromatic nitrogens is 2.